The van der Waals surface area contributed by atoms with Crippen molar-refractivity contribution in [3.8, 4) is 23.7 Å². The second kappa shape index (κ2) is 7.91. The third-order valence-electron chi connectivity index (χ3n) is 5.10. The predicted octanol–water partition coefficient (Wildman–Crippen LogP) is 3.32. The van der Waals surface area contributed by atoms with Gasteiger partial charge in [-0.3, -0.25) is 0 Å². The Morgan fingerprint density at radius 1 is 1.07 bits per heavy atom. The molecule has 1 saturated heterocycles. The zero-order valence-electron chi connectivity index (χ0n) is 14.6. The predicted molar refractivity (Wildman–Crippen MR) is 101 cm³/mol. The average molecular weight is 445 g/mol. The first-order valence-corrected chi connectivity index (χ1v) is 8.88. The fourth-order valence-electron chi connectivity index (χ4n) is 3.99. The monoisotopic (exact) mass is 444 g/mol. The smallest absolute Gasteiger partial charge is 0.386 e. The molecule has 0 amide bonds. The quantitative estimate of drug-likeness (QED) is 0.347. The van der Waals surface area contributed by atoms with Crippen LogP contribution in [0.25, 0.3) is 5.57 Å². The second-order valence-corrected chi connectivity index (χ2v) is 6.70. The molecular weight excluding hydrogens is 428 g/mol. The average Bonchev–Trinajstić information content (AvgIpc) is 3.13. The number of hydrogen-bond acceptors (Lipinski definition) is 2. The Bertz CT molecular complexity index is 1020. The van der Waals surface area contributed by atoms with Gasteiger partial charge in [0.05, 0.1) is 0 Å². The first-order chi connectivity index (χ1) is 12.9. The van der Waals surface area contributed by atoms with Gasteiger partial charge in [-0.25, -0.2) is 0 Å². The molecule has 2 nitrogen and oxygen atoms in total. The summed E-state index contributed by atoms with van der Waals surface area (Å²) in [6.45, 7) is 2.08. The van der Waals surface area contributed by atoms with E-state index in [9.17, 15) is 0 Å². The summed E-state index contributed by atoms with van der Waals surface area (Å²) in [5.74, 6) is 13.1. The van der Waals surface area contributed by atoms with Gasteiger partial charge in [-0.1, -0.05) is 47.5 Å². The number of rotatable bonds is 0. The van der Waals surface area contributed by atoms with E-state index >= 15 is 0 Å². The summed E-state index contributed by atoms with van der Waals surface area (Å²) in [4.78, 5) is 0. The Morgan fingerprint density at radius 2 is 2.00 bits per heavy atom. The number of hydrogen-bond donors (Lipinski definition) is 0. The molecule has 3 heteroatoms. The fourth-order valence-corrected chi connectivity index (χ4v) is 3.99. The van der Waals surface area contributed by atoms with Gasteiger partial charge in [0, 0.05) is 24.7 Å². The molecule has 0 N–H and O–H groups in total. The number of allylic oxidation sites excluding steroid dienone is 6. The molecule has 2 bridgehead atoms. The maximum Gasteiger partial charge on any atom is 1.00 e. The maximum absolute atomic E-state index is 5.76. The zero-order valence-corrected chi connectivity index (χ0v) is 16.1. The van der Waals surface area contributed by atoms with Crippen LogP contribution in [-0.4, -0.2) is 26.4 Å². The van der Waals surface area contributed by atoms with Crippen molar-refractivity contribution in [2.24, 2.45) is 11.8 Å². The molecule has 0 aromatic heterocycles. The van der Waals surface area contributed by atoms with Gasteiger partial charge in [-0.05, 0) is 23.6 Å². The van der Waals surface area contributed by atoms with E-state index in [-0.39, 0.29) is 34.2 Å². The summed E-state index contributed by atoms with van der Waals surface area (Å²) in [6, 6.07) is 8.47. The van der Waals surface area contributed by atoms with Crippen molar-refractivity contribution in [2.45, 2.75) is 0 Å². The summed E-state index contributed by atoms with van der Waals surface area (Å²) >= 11 is 0. The fraction of sp³-hybridized carbons (Fsp3) is 0.250. The minimum absolute atomic E-state index is 0. The standard InChI is InChI=1S/C24H17O2.Ag/c1-5-17-6-3-11-25-12-4-10-18-7-2-9-20-14-21-15-26-16-22(21)24(23(18)20)19(8-1)13-17;/h1-2,5,7-9,13,18,23H,11-12,15-16H2;/q-1;+1. The molecule has 4 aliphatic rings. The molecule has 2 heterocycles. The molecule has 136 valence electrons. The minimum atomic E-state index is 0. The Labute approximate surface area is 175 Å². The van der Waals surface area contributed by atoms with E-state index in [1.54, 1.807) is 0 Å². The van der Waals surface area contributed by atoms with Crippen LogP contribution in [0, 0.1) is 41.6 Å². The summed E-state index contributed by atoms with van der Waals surface area (Å²) in [7, 11) is 0. The van der Waals surface area contributed by atoms with Gasteiger partial charge >= 0.3 is 22.4 Å². The largest absolute Gasteiger partial charge is 1.00 e. The molecule has 2 aliphatic carbocycles. The molecule has 1 fully saturated rings. The van der Waals surface area contributed by atoms with Crippen molar-refractivity contribution in [1.82, 2.24) is 0 Å². The maximum atomic E-state index is 5.76. The first kappa shape index (κ1) is 18.3. The van der Waals surface area contributed by atoms with Crippen LogP contribution in [0.5, 0.6) is 0 Å². The van der Waals surface area contributed by atoms with Crippen molar-refractivity contribution in [2.75, 3.05) is 26.4 Å². The third kappa shape index (κ3) is 3.44. The molecule has 27 heavy (non-hydrogen) atoms. The summed E-state index contributed by atoms with van der Waals surface area (Å²) in [5, 5.41) is 0. The van der Waals surface area contributed by atoms with E-state index in [1.807, 2.05) is 6.07 Å². The van der Waals surface area contributed by atoms with Gasteiger partial charge in [-0.2, -0.15) is 17.7 Å². The first-order valence-electron chi connectivity index (χ1n) is 8.88. The van der Waals surface area contributed by atoms with Crippen LogP contribution in [0.2, 0.25) is 0 Å². The number of ether oxygens (including phenoxy) is 2. The molecule has 0 saturated carbocycles. The SMILES string of the molecule is C1#Cc2cccc(c2)C2=C3COCC3=[C-]C3=CC=CC(C#CCOC1)C32.[Ag+]. The van der Waals surface area contributed by atoms with Crippen LogP contribution in [-0.2, 0) is 31.9 Å². The molecule has 1 aromatic rings. The Balaban J connectivity index is 0.00000180. The van der Waals surface area contributed by atoms with Gasteiger partial charge in [0.2, 0.25) is 0 Å². The van der Waals surface area contributed by atoms with Gasteiger partial charge in [0.1, 0.15) is 13.2 Å². The third-order valence-corrected chi connectivity index (χ3v) is 5.10. The molecule has 2 unspecified atom stereocenters. The topological polar surface area (TPSA) is 18.5 Å². The molecular formula is C24H17AgO2. The van der Waals surface area contributed by atoms with Crippen molar-refractivity contribution in [1.29, 1.82) is 0 Å². The zero-order chi connectivity index (χ0) is 17.3. The van der Waals surface area contributed by atoms with E-state index in [1.165, 1.54) is 27.9 Å². The van der Waals surface area contributed by atoms with E-state index in [2.05, 4.69) is 66.2 Å². The Kier molecular flexibility index (Phi) is 5.37. The van der Waals surface area contributed by atoms with E-state index in [0.717, 1.165) is 5.56 Å². The molecule has 2 aliphatic heterocycles. The molecule has 0 spiro atoms. The number of fused-ring (bicyclic) bond motifs is 4. The van der Waals surface area contributed by atoms with E-state index in [4.69, 9.17) is 9.47 Å². The van der Waals surface area contributed by atoms with Crippen LogP contribution in [0.1, 0.15) is 11.1 Å². The van der Waals surface area contributed by atoms with Gasteiger partial charge in [0.25, 0.3) is 0 Å². The van der Waals surface area contributed by atoms with Crippen molar-refractivity contribution in [3.63, 3.8) is 0 Å². The molecule has 2 atom stereocenters. The molecule has 0 radical (unpaired) electrons. The number of benzene rings is 1. The van der Waals surface area contributed by atoms with E-state index in [0.29, 0.717) is 26.4 Å². The summed E-state index contributed by atoms with van der Waals surface area (Å²) in [6.07, 6.45) is 10.0. The van der Waals surface area contributed by atoms with E-state index < -0.39 is 0 Å². The summed E-state index contributed by atoms with van der Waals surface area (Å²) in [5.41, 5.74) is 7.16. The molecule has 1 aromatic carbocycles. The normalized spacial score (nSPS) is 24.7. The van der Waals surface area contributed by atoms with Gasteiger partial charge < -0.3 is 9.47 Å². The van der Waals surface area contributed by atoms with Crippen molar-refractivity contribution >= 4 is 5.57 Å². The van der Waals surface area contributed by atoms with Crippen molar-refractivity contribution < 1.29 is 31.9 Å². The van der Waals surface area contributed by atoms with Crippen LogP contribution in [0.4, 0.5) is 0 Å². The molecule has 5 rings (SSSR count). The van der Waals surface area contributed by atoms with Gasteiger partial charge in [-0.15, -0.1) is 17.2 Å². The summed E-state index contributed by atoms with van der Waals surface area (Å²) < 4.78 is 11.3. The van der Waals surface area contributed by atoms with Crippen LogP contribution >= 0.6 is 0 Å². The van der Waals surface area contributed by atoms with Crippen LogP contribution in [0.15, 0.2) is 59.2 Å². The Hall–Kier alpha value is -2.04. The Morgan fingerprint density at radius 3 is 2.96 bits per heavy atom. The van der Waals surface area contributed by atoms with Crippen molar-refractivity contribution in [3.05, 3.63) is 76.4 Å². The minimum Gasteiger partial charge on any atom is -0.386 e. The van der Waals surface area contributed by atoms with Crippen LogP contribution < -0.4 is 0 Å². The van der Waals surface area contributed by atoms with Crippen LogP contribution in [0.3, 0.4) is 0 Å². The van der Waals surface area contributed by atoms with Gasteiger partial charge in [0.15, 0.2) is 0 Å². The second-order valence-electron chi connectivity index (χ2n) is 6.70.